The molecule has 0 aliphatic carbocycles. The molecule has 3 heterocycles. The molecule has 1 amide bonds. The Hall–Kier alpha value is -4.79. The normalized spacial score (nSPS) is 10.7. The van der Waals surface area contributed by atoms with Crippen molar-refractivity contribution in [1.82, 2.24) is 29.5 Å². The lowest BCUT2D eigenvalue weighted by atomic mass is 10.2. The van der Waals surface area contributed by atoms with Gasteiger partial charge in [-0.3, -0.25) is 9.36 Å². The van der Waals surface area contributed by atoms with E-state index in [9.17, 15) is 4.79 Å². The zero-order valence-electron chi connectivity index (χ0n) is 17.7. The summed E-state index contributed by atoms with van der Waals surface area (Å²) in [5, 5.41) is 15.4. The van der Waals surface area contributed by atoms with Gasteiger partial charge in [-0.25, -0.2) is 9.67 Å². The van der Waals surface area contributed by atoms with Gasteiger partial charge in [0.05, 0.1) is 23.1 Å². The van der Waals surface area contributed by atoms with Crippen LogP contribution in [0.1, 0.15) is 16.1 Å². The van der Waals surface area contributed by atoms with Crippen LogP contribution in [0.3, 0.4) is 0 Å². The number of para-hydroxylation sites is 1. The first-order valence-corrected chi connectivity index (χ1v) is 10.2. The summed E-state index contributed by atoms with van der Waals surface area (Å²) in [6, 6.07) is 20.2. The minimum atomic E-state index is -0.232. The molecule has 2 aromatic carbocycles. The van der Waals surface area contributed by atoms with Gasteiger partial charge >= 0.3 is 0 Å². The van der Waals surface area contributed by atoms with Crippen LogP contribution in [-0.4, -0.2) is 35.4 Å². The first kappa shape index (κ1) is 20.1. The van der Waals surface area contributed by atoms with Crippen molar-refractivity contribution in [2.45, 2.75) is 6.92 Å². The van der Waals surface area contributed by atoms with Gasteiger partial charge in [-0.05, 0) is 49.4 Å². The van der Waals surface area contributed by atoms with E-state index in [1.807, 2.05) is 37.3 Å². The Morgan fingerprint density at radius 3 is 2.48 bits per heavy atom. The minimum absolute atomic E-state index is 0.232. The average Bonchev–Trinajstić information content (AvgIpc) is 3.52. The van der Waals surface area contributed by atoms with Crippen molar-refractivity contribution in [1.29, 1.82) is 0 Å². The van der Waals surface area contributed by atoms with E-state index in [2.05, 4.69) is 25.6 Å². The Morgan fingerprint density at radius 1 is 0.970 bits per heavy atom. The molecule has 33 heavy (non-hydrogen) atoms. The summed E-state index contributed by atoms with van der Waals surface area (Å²) in [5.41, 5.74) is 2.81. The van der Waals surface area contributed by atoms with Crippen molar-refractivity contribution in [3.05, 3.63) is 103 Å². The van der Waals surface area contributed by atoms with E-state index < -0.39 is 0 Å². The molecule has 0 aliphatic rings. The standard InChI is InChI=1S/C24H19N7O2/c1-17-21(15-26-31(17)19-5-3-2-4-6-19)24(32)27-18-7-9-20(10-8-18)33-23-12-11-22(28-29-23)30-14-13-25-16-30/h2-16H,1H3,(H,27,32). The third kappa shape index (κ3) is 4.33. The third-order valence-corrected chi connectivity index (χ3v) is 4.98. The number of anilines is 1. The second-order valence-electron chi connectivity index (χ2n) is 7.17. The molecule has 0 bridgehead atoms. The number of hydrogen-bond acceptors (Lipinski definition) is 6. The van der Waals surface area contributed by atoms with Gasteiger partial charge in [0.25, 0.3) is 5.91 Å². The molecule has 0 aliphatic heterocycles. The SMILES string of the molecule is Cc1c(C(=O)Nc2ccc(Oc3ccc(-n4ccnc4)nn3)cc2)cnn1-c1ccccc1. The van der Waals surface area contributed by atoms with E-state index in [0.717, 1.165) is 11.4 Å². The maximum Gasteiger partial charge on any atom is 0.259 e. The maximum atomic E-state index is 12.8. The monoisotopic (exact) mass is 437 g/mol. The molecule has 0 spiro atoms. The molecule has 0 radical (unpaired) electrons. The van der Waals surface area contributed by atoms with Crippen LogP contribution in [-0.2, 0) is 0 Å². The molecule has 0 atom stereocenters. The number of imidazole rings is 1. The van der Waals surface area contributed by atoms with E-state index in [1.165, 1.54) is 0 Å². The molecule has 0 fully saturated rings. The van der Waals surface area contributed by atoms with Crippen LogP contribution < -0.4 is 10.1 Å². The van der Waals surface area contributed by atoms with E-state index in [4.69, 9.17) is 4.74 Å². The number of benzene rings is 2. The average molecular weight is 437 g/mol. The van der Waals surface area contributed by atoms with Gasteiger partial charge in [-0.15, -0.1) is 10.2 Å². The highest BCUT2D eigenvalue weighted by molar-refractivity contribution is 6.05. The van der Waals surface area contributed by atoms with Gasteiger partial charge in [0.2, 0.25) is 5.88 Å². The van der Waals surface area contributed by atoms with Crippen LogP contribution in [0.15, 0.2) is 91.6 Å². The van der Waals surface area contributed by atoms with Gasteiger partial charge in [0.1, 0.15) is 12.1 Å². The molecule has 9 heteroatoms. The molecule has 5 rings (SSSR count). The Balaban J connectivity index is 1.24. The van der Waals surface area contributed by atoms with E-state index in [1.54, 1.807) is 70.6 Å². The summed E-state index contributed by atoms with van der Waals surface area (Å²) in [4.78, 5) is 16.8. The summed E-state index contributed by atoms with van der Waals surface area (Å²) in [6.07, 6.45) is 6.67. The molecular formula is C24H19N7O2. The van der Waals surface area contributed by atoms with E-state index in [-0.39, 0.29) is 5.91 Å². The fraction of sp³-hybridized carbons (Fsp3) is 0.0417. The predicted molar refractivity (Wildman–Crippen MR) is 122 cm³/mol. The lowest BCUT2D eigenvalue weighted by Crippen LogP contribution is -2.13. The number of rotatable bonds is 6. The molecule has 0 saturated heterocycles. The number of ether oxygens (including phenoxy) is 1. The second kappa shape index (κ2) is 8.75. The van der Waals surface area contributed by atoms with E-state index in [0.29, 0.717) is 28.7 Å². The van der Waals surface area contributed by atoms with Crippen LogP contribution in [0.4, 0.5) is 5.69 Å². The number of amides is 1. The zero-order valence-corrected chi connectivity index (χ0v) is 17.7. The van der Waals surface area contributed by atoms with Crippen LogP contribution in [0.25, 0.3) is 11.5 Å². The van der Waals surface area contributed by atoms with Crippen LogP contribution in [0.5, 0.6) is 11.6 Å². The summed E-state index contributed by atoms with van der Waals surface area (Å²) in [6.45, 7) is 1.87. The van der Waals surface area contributed by atoms with Gasteiger partial charge < -0.3 is 10.1 Å². The lowest BCUT2D eigenvalue weighted by molar-refractivity contribution is 0.102. The Labute approximate surface area is 189 Å². The van der Waals surface area contributed by atoms with Crippen molar-refractivity contribution < 1.29 is 9.53 Å². The Kier molecular flexibility index (Phi) is 5.34. The highest BCUT2D eigenvalue weighted by Gasteiger charge is 2.15. The van der Waals surface area contributed by atoms with Crippen molar-refractivity contribution in [2.75, 3.05) is 5.32 Å². The topological polar surface area (TPSA) is 99.8 Å². The third-order valence-electron chi connectivity index (χ3n) is 4.98. The molecule has 1 N–H and O–H groups in total. The Morgan fingerprint density at radius 2 is 1.79 bits per heavy atom. The maximum absolute atomic E-state index is 12.8. The number of nitrogens with zero attached hydrogens (tertiary/aromatic N) is 6. The van der Waals surface area contributed by atoms with Gasteiger partial charge in [-0.1, -0.05) is 18.2 Å². The minimum Gasteiger partial charge on any atom is -0.438 e. The van der Waals surface area contributed by atoms with E-state index >= 15 is 0 Å². The molecular weight excluding hydrogens is 418 g/mol. The number of nitrogens with one attached hydrogen (secondary N) is 1. The number of carbonyl (C=O) groups is 1. The Bertz CT molecular complexity index is 1360. The molecule has 3 aromatic heterocycles. The number of carbonyl (C=O) groups excluding carboxylic acids is 1. The van der Waals surface area contributed by atoms with Gasteiger partial charge in [0, 0.05) is 24.1 Å². The summed E-state index contributed by atoms with van der Waals surface area (Å²) in [5.74, 6) is 1.35. The summed E-state index contributed by atoms with van der Waals surface area (Å²) < 4.78 is 9.23. The first-order valence-electron chi connectivity index (χ1n) is 10.2. The van der Waals surface area contributed by atoms with Gasteiger partial charge in [0.15, 0.2) is 5.82 Å². The largest absolute Gasteiger partial charge is 0.438 e. The van der Waals surface area contributed by atoms with Crippen molar-refractivity contribution >= 4 is 11.6 Å². The summed E-state index contributed by atoms with van der Waals surface area (Å²) >= 11 is 0. The lowest BCUT2D eigenvalue weighted by Gasteiger charge is -2.08. The van der Waals surface area contributed by atoms with Crippen LogP contribution >= 0.6 is 0 Å². The van der Waals surface area contributed by atoms with Crippen molar-refractivity contribution in [3.8, 4) is 23.1 Å². The highest BCUT2D eigenvalue weighted by Crippen LogP contribution is 2.22. The smallest absolute Gasteiger partial charge is 0.259 e. The molecule has 162 valence electrons. The zero-order chi connectivity index (χ0) is 22.6. The van der Waals surface area contributed by atoms with Gasteiger partial charge in [-0.2, -0.15) is 5.10 Å². The highest BCUT2D eigenvalue weighted by atomic mass is 16.5. The number of hydrogen-bond donors (Lipinski definition) is 1. The molecule has 0 saturated carbocycles. The first-order chi connectivity index (χ1) is 16.2. The fourth-order valence-electron chi connectivity index (χ4n) is 3.29. The van der Waals surface area contributed by atoms with Crippen molar-refractivity contribution in [2.24, 2.45) is 0 Å². The summed E-state index contributed by atoms with van der Waals surface area (Å²) in [7, 11) is 0. The quantitative estimate of drug-likeness (QED) is 0.427. The molecule has 9 nitrogen and oxygen atoms in total. The fourth-order valence-corrected chi connectivity index (χ4v) is 3.29. The molecule has 0 unspecified atom stereocenters. The van der Waals surface area contributed by atoms with Crippen LogP contribution in [0.2, 0.25) is 0 Å². The molecule has 5 aromatic rings. The number of aromatic nitrogens is 6. The van der Waals surface area contributed by atoms with Crippen LogP contribution in [0, 0.1) is 6.92 Å². The predicted octanol–water partition coefficient (Wildman–Crippen LogP) is 4.20. The second-order valence-corrected chi connectivity index (χ2v) is 7.17. The van der Waals surface area contributed by atoms with Crippen molar-refractivity contribution in [3.63, 3.8) is 0 Å².